The molecule has 0 unspecified atom stereocenters. The van der Waals surface area contributed by atoms with Crippen LogP contribution in [0.5, 0.6) is 5.75 Å². The lowest BCUT2D eigenvalue weighted by Crippen LogP contribution is -2.68. The molecule has 3 aromatic rings. The second kappa shape index (κ2) is 8.03. The molecule has 0 aromatic heterocycles. The van der Waals surface area contributed by atoms with Gasteiger partial charge in [-0.25, -0.2) is 0 Å². The molecule has 0 atom stereocenters. The van der Waals surface area contributed by atoms with E-state index in [1.54, 1.807) is 0 Å². The SMILES string of the molecule is CC(C)(C)[Si](Oc1ccc(CC(=O)O)cc1)(c1ccccc1)c1ccccc1. The summed E-state index contributed by atoms with van der Waals surface area (Å²) in [5.74, 6) is -0.0657. The van der Waals surface area contributed by atoms with E-state index in [-0.39, 0.29) is 11.5 Å². The zero-order valence-electron chi connectivity index (χ0n) is 16.6. The minimum absolute atomic E-state index is 0.0134. The first kappa shape index (κ1) is 19.9. The predicted octanol–water partition coefficient (Wildman–Crippen LogP) is 4.25. The lowest BCUT2D eigenvalue weighted by Gasteiger charge is -2.43. The predicted molar refractivity (Wildman–Crippen MR) is 116 cm³/mol. The molecule has 0 spiro atoms. The van der Waals surface area contributed by atoms with Crippen molar-refractivity contribution in [3.63, 3.8) is 0 Å². The lowest BCUT2D eigenvalue weighted by atomic mass is 10.1. The van der Waals surface area contributed by atoms with E-state index in [4.69, 9.17) is 9.53 Å². The Morgan fingerprint density at radius 2 is 1.29 bits per heavy atom. The third-order valence-electron chi connectivity index (χ3n) is 4.97. The van der Waals surface area contributed by atoms with Gasteiger partial charge in [-0.2, -0.15) is 0 Å². The smallest absolute Gasteiger partial charge is 0.319 e. The molecule has 0 saturated carbocycles. The Hall–Kier alpha value is -2.85. The molecular formula is C24H26O3Si. The Bertz CT molecular complexity index is 874. The van der Waals surface area contributed by atoms with E-state index in [0.29, 0.717) is 0 Å². The van der Waals surface area contributed by atoms with Crippen molar-refractivity contribution < 1.29 is 14.3 Å². The monoisotopic (exact) mass is 390 g/mol. The van der Waals surface area contributed by atoms with Crippen molar-refractivity contribution in [3.05, 3.63) is 90.5 Å². The van der Waals surface area contributed by atoms with Crippen molar-refractivity contribution in [1.29, 1.82) is 0 Å². The quantitative estimate of drug-likeness (QED) is 0.640. The topological polar surface area (TPSA) is 46.5 Å². The first-order valence-electron chi connectivity index (χ1n) is 9.44. The summed E-state index contributed by atoms with van der Waals surface area (Å²) in [6, 6.07) is 28.4. The maximum atomic E-state index is 11.0. The maximum Gasteiger partial charge on any atom is 0.319 e. The van der Waals surface area contributed by atoms with E-state index >= 15 is 0 Å². The summed E-state index contributed by atoms with van der Waals surface area (Å²) in [5, 5.41) is 11.3. The number of rotatable bonds is 6. The van der Waals surface area contributed by atoms with Crippen LogP contribution in [0.25, 0.3) is 0 Å². The van der Waals surface area contributed by atoms with E-state index < -0.39 is 14.3 Å². The van der Waals surface area contributed by atoms with E-state index in [2.05, 4.69) is 69.3 Å². The van der Waals surface area contributed by atoms with Crippen LogP contribution in [0.1, 0.15) is 26.3 Å². The molecule has 0 bridgehead atoms. The number of carbonyl (C=O) groups is 1. The summed E-state index contributed by atoms with van der Waals surface area (Å²) in [5.41, 5.74) is 0.766. The van der Waals surface area contributed by atoms with Gasteiger partial charge in [0.25, 0.3) is 0 Å². The highest BCUT2D eigenvalue weighted by atomic mass is 28.4. The molecule has 0 amide bonds. The standard InChI is InChI=1S/C24H26O3Si/c1-24(2,3)28(21-10-6-4-7-11-21,22-12-8-5-9-13-22)27-20-16-14-19(15-17-20)18-23(25)26/h4-17H,18H2,1-3H3,(H,25,26). The van der Waals surface area contributed by atoms with Gasteiger partial charge in [-0.1, -0.05) is 93.6 Å². The summed E-state index contributed by atoms with van der Waals surface area (Å²) in [7, 11) is -2.66. The Kier molecular flexibility index (Phi) is 5.70. The molecule has 4 heteroatoms. The van der Waals surface area contributed by atoms with E-state index in [9.17, 15) is 4.79 Å². The average molecular weight is 391 g/mol. The number of hydrogen-bond acceptors (Lipinski definition) is 2. The zero-order chi connectivity index (χ0) is 20.2. The van der Waals surface area contributed by atoms with Crippen LogP contribution in [0.4, 0.5) is 0 Å². The highest BCUT2D eigenvalue weighted by Gasteiger charge is 2.52. The van der Waals surface area contributed by atoms with Crippen LogP contribution >= 0.6 is 0 Å². The van der Waals surface area contributed by atoms with E-state index in [1.165, 1.54) is 10.4 Å². The minimum atomic E-state index is -2.66. The second-order valence-corrected chi connectivity index (χ2v) is 12.2. The summed E-state index contributed by atoms with van der Waals surface area (Å²) < 4.78 is 6.89. The fourth-order valence-corrected chi connectivity index (χ4v) is 8.10. The number of aliphatic carboxylic acids is 1. The molecule has 0 aliphatic carbocycles. The largest absolute Gasteiger partial charge is 0.534 e. The van der Waals surface area contributed by atoms with Gasteiger partial charge in [0.15, 0.2) is 0 Å². The molecule has 144 valence electrons. The molecule has 0 fully saturated rings. The van der Waals surface area contributed by atoms with Crippen molar-refractivity contribution in [3.8, 4) is 5.75 Å². The zero-order valence-corrected chi connectivity index (χ0v) is 17.6. The van der Waals surface area contributed by atoms with Crippen molar-refractivity contribution >= 4 is 24.7 Å². The Labute approximate surface area is 167 Å². The van der Waals surface area contributed by atoms with Crippen LogP contribution in [-0.4, -0.2) is 19.4 Å². The number of benzene rings is 3. The van der Waals surface area contributed by atoms with Crippen LogP contribution in [0.3, 0.4) is 0 Å². The molecule has 0 aliphatic rings. The number of carboxylic acids is 1. The van der Waals surface area contributed by atoms with Gasteiger partial charge in [0.1, 0.15) is 5.75 Å². The fourth-order valence-electron chi connectivity index (χ4n) is 3.68. The number of carboxylic acid groups (broad SMARTS) is 1. The van der Waals surface area contributed by atoms with Crippen LogP contribution in [-0.2, 0) is 11.2 Å². The maximum absolute atomic E-state index is 11.0. The van der Waals surface area contributed by atoms with Crippen molar-refractivity contribution in [1.82, 2.24) is 0 Å². The van der Waals surface area contributed by atoms with Gasteiger partial charge in [-0.05, 0) is 33.1 Å². The van der Waals surface area contributed by atoms with Gasteiger partial charge in [0.2, 0.25) is 0 Å². The molecule has 0 aliphatic heterocycles. The highest BCUT2D eigenvalue weighted by molar-refractivity contribution is 7.00. The molecule has 1 N–H and O–H groups in total. The van der Waals surface area contributed by atoms with Gasteiger partial charge in [-0.3, -0.25) is 4.79 Å². The molecule has 0 saturated heterocycles. The highest BCUT2D eigenvalue weighted by Crippen LogP contribution is 2.37. The first-order valence-corrected chi connectivity index (χ1v) is 11.3. The Balaban J connectivity index is 2.12. The van der Waals surface area contributed by atoms with Gasteiger partial charge in [0, 0.05) is 0 Å². The normalized spacial score (nSPS) is 11.8. The van der Waals surface area contributed by atoms with Crippen molar-refractivity contribution in [2.75, 3.05) is 0 Å². The fraction of sp³-hybridized carbons (Fsp3) is 0.208. The Morgan fingerprint density at radius 3 is 1.68 bits per heavy atom. The first-order chi connectivity index (χ1) is 13.3. The van der Waals surface area contributed by atoms with E-state index in [1.807, 2.05) is 36.4 Å². The van der Waals surface area contributed by atoms with Gasteiger partial charge in [-0.15, -0.1) is 0 Å². The van der Waals surface area contributed by atoms with E-state index in [0.717, 1.165) is 11.3 Å². The third kappa shape index (κ3) is 4.02. The molecule has 3 nitrogen and oxygen atoms in total. The molecule has 3 rings (SSSR count). The molecule has 28 heavy (non-hydrogen) atoms. The van der Waals surface area contributed by atoms with Crippen molar-refractivity contribution in [2.45, 2.75) is 32.2 Å². The van der Waals surface area contributed by atoms with Crippen LogP contribution in [0.2, 0.25) is 5.04 Å². The van der Waals surface area contributed by atoms with Crippen LogP contribution in [0, 0.1) is 0 Å². The van der Waals surface area contributed by atoms with Crippen LogP contribution < -0.4 is 14.8 Å². The summed E-state index contributed by atoms with van der Waals surface area (Å²) in [6.07, 6.45) is 0.0134. The Morgan fingerprint density at radius 1 is 0.821 bits per heavy atom. The van der Waals surface area contributed by atoms with Crippen molar-refractivity contribution in [2.24, 2.45) is 0 Å². The molecule has 0 heterocycles. The van der Waals surface area contributed by atoms with Crippen LogP contribution in [0.15, 0.2) is 84.9 Å². The minimum Gasteiger partial charge on any atom is -0.534 e. The number of hydrogen-bond donors (Lipinski definition) is 1. The van der Waals surface area contributed by atoms with Gasteiger partial charge < -0.3 is 9.53 Å². The van der Waals surface area contributed by atoms with Gasteiger partial charge in [0.05, 0.1) is 6.42 Å². The van der Waals surface area contributed by atoms with Gasteiger partial charge >= 0.3 is 14.3 Å². The molecular weight excluding hydrogens is 364 g/mol. The summed E-state index contributed by atoms with van der Waals surface area (Å²) in [4.78, 5) is 11.0. The second-order valence-electron chi connectivity index (χ2n) is 7.98. The summed E-state index contributed by atoms with van der Waals surface area (Å²) >= 11 is 0. The third-order valence-corrected chi connectivity index (χ3v) is 9.91. The molecule has 0 radical (unpaired) electrons. The summed E-state index contributed by atoms with van der Waals surface area (Å²) in [6.45, 7) is 6.70. The molecule has 3 aromatic carbocycles. The average Bonchev–Trinajstić information content (AvgIpc) is 2.67. The lowest BCUT2D eigenvalue weighted by molar-refractivity contribution is -0.136.